The fourth-order valence-corrected chi connectivity index (χ4v) is 2.24. The van der Waals surface area contributed by atoms with Crippen LogP contribution in [0.2, 0.25) is 0 Å². The largest absolute Gasteiger partial charge is 0.389 e. The van der Waals surface area contributed by atoms with Crippen molar-refractivity contribution >= 4 is 5.69 Å². The third-order valence-corrected chi connectivity index (χ3v) is 2.89. The van der Waals surface area contributed by atoms with Gasteiger partial charge in [0, 0.05) is 24.3 Å². The first-order valence-corrected chi connectivity index (χ1v) is 5.72. The molecule has 0 saturated heterocycles. The molecule has 0 aliphatic carbocycles. The third kappa shape index (κ3) is 2.36. The molecule has 1 heterocycles. The molecule has 0 amide bonds. The summed E-state index contributed by atoms with van der Waals surface area (Å²) in [6.07, 6.45) is 0.363. The average molecular weight is 221 g/mol. The van der Waals surface area contributed by atoms with E-state index in [-0.39, 0.29) is 6.10 Å². The molecule has 1 atom stereocenters. The Morgan fingerprint density at radius 1 is 1.38 bits per heavy atom. The molecular formula is C13H19NO2. The molecule has 2 N–H and O–H groups in total. The minimum Gasteiger partial charge on any atom is -0.389 e. The van der Waals surface area contributed by atoms with Crippen molar-refractivity contribution in [2.24, 2.45) is 0 Å². The predicted molar refractivity (Wildman–Crippen MR) is 64.5 cm³/mol. The van der Waals surface area contributed by atoms with E-state index in [1.807, 2.05) is 24.3 Å². The highest BCUT2D eigenvalue weighted by Gasteiger charge is 2.26. The number of nitrogens with zero attached hydrogens (tertiary/aromatic N) is 1. The number of benzene rings is 1. The number of aliphatic hydroxyl groups is 2. The summed E-state index contributed by atoms with van der Waals surface area (Å²) in [6, 6.07) is 7.86. The zero-order chi connectivity index (χ0) is 11.8. The van der Waals surface area contributed by atoms with Gasteiger partial charge in [0.1, 0.15) is 0 Å². The lowest BCUT2D eigenvalue weighted by atomic mass is 9.97. The number of aliphatic hydroxyl groups excluding tert-OH is 1. The van der Waals surface area contributed by atoms with Gasteiger partial charge in [-0.15, -0.1) is 0 Å². The minimum atomic E-state index is -0.713. The highest BCUT2D eigenvalue weighted by atomic mass is 16.3. The lowest BCUT2D eigenvalue weighted by Crippen LogP contribution is -2.41. The van der Waals surface area contributed by atoms with Gasteiger partial charge in [-0.05, 0) is 26.3 Å². The quantitative estimate of drug-likeness (QED) is 0.799. The molecule has 0 bridgehead atoms. The molecule has 0 aromatic heterocycles. The van der Waals surface area contributed by atoms with Crippen molar-refractivity contribution in [3.05, 3.63) is 29.8 Å². The van der Waals surface area contributed by atoms with E-state index in [1.165, 1.54) is 0 Å². The van der Waals surface area contributed by atoms with Crippen molar-refractivity contribution in [1.82, 2.24) is 0 Å². The molecule has 1 aromatic carbocycles. The monoisotopic (exact) mass is 221 g/mol. The number of hydrogen-bond acceptors (Lipinski definition) is 3. The predicted octanol–water partition coefficient (Wildman–Crippen LogP) is 1.70. The van der Waals surface area contributed by atoms with Crippen molar-refractivity contribution in [2.45, 2.75) is 32.0 Å². The summed E-state index contributed by atoms with van der Waals surface area (Å²) in [5, 5.41) is 19.7. The summed E-state index contributed by atoms with van der Waals surface area (Å²) in [6.45, 7) is 5.00. The molecule has 1 aromatic rings. The number of para-hydroxylation sites is 1. The Hall–Kier alpha value is -1.06. The zero-order valence-corrected chi connectivity index (χ0v) is 9.85. The summed E-state index contributed by atoms with van der Waals surface area (Å²) in [4.78, 5) is 2.14. The first-order valence-electron chi connectivity index (χ1n) is 5.72. The van der Waals surface area contributed by atoms with E-state index in [9.17, 15) is 10.2 Å². The second kappa shape index (κ2) is 4.07. The van der Waals surface area contributed by atoms with Crippen LogP contribution in [0.1, 0.15) is 31.9 Å². The molecular weight excluding hydrogens is 202 g/mol. The SMILES string of the molecule is CC(C)(O)CN1CCC(O)c2ccccc21. The van der Waals surface area contributed by atoms with Gasteiger partial charge in [-0.3, -0.25) is 0 Å². The van der Waals surface area contributed by atoms with Crippen LogP contribution in [0.5, 0.6) is 0 Å². The molecule has 16 heavy (non-hydrogen) atoms. The first kappa shape index (κ1) is 11.4. The van der Waals surface area contributed by atoms with E-state index in [0.717, 1.165) is 24.2 Å². The third-order valence-electron chi connectivity index (χ3n) is 2.89. The van der Waals surface area contributed by atoms with Crippen LogP contribution >= 0.6 is 0 Å². The van der Waals surface area contributed by atoms with Crippen LogP contribution in [0.15, 0.2) is 24.3 Å². The summed E-state index contributed by atoms with van der Waals surface area (Å²) in [7, 11) is 0. The first-order chi connectivity index (χ1) is 7.47. The van der Waals surface area contributed by atoms with E-state index >= 15 is 0 Å². The molecule has 3 heteroatoms. The molecule has 0 fully saturated rings. The van der Waals surface area contributed by atoms with Crippen LogP contribution < -0.4 is 4.90 Å². The van der Waals surface area contributed by atoms with E-state index < -0.39 is 5.60 Å². The molecule has 0 saturated carbocycles. The molecule has 0 spiro atoms. The molecule has 3 nitrogen and oxygen atoms in total. The van der Waals surface area contributed by atoms with Gasteiger partial charge < -0.3 is 15.1 Å². The van der Waals surface area contributed by atoms with Gasteiger partial charge in [0.2, 0.25) is 0 Å². The van der Waals surface area contributed by atoms with Crippen molar-refractivity contribution in [3.63, 3.8) is 0 Å². The van der Waals surface area contributed by atoms with Crippen molar-refractivity contribution in [3.8, 4) is 0 Å². The second-order valence-electron chi connectivity index (χ2n) is 5.10. The summed E-state index contributed by atoms with van der Waals surface area (Å²) in [5.74, 6) is 0. The Bertz CT molecular complexity index is 370. The van der Waals surface area contributed by atoms with Crippen LogP contribution in [0.3, 0.4) is 0 Å². The van der Waals surface area contributed by atoms with Gasteiger partial charge in [-0.1, -0.05) is 18.2 Å². The van der Waals surface area contributed by atoms with E-state index in [4.69, 9.17) is 0 Å². The lowest BCUT2D eigenvalue weighted by molar-refractivity contribution is 0.0840. The van der Waals surface area contributed by atoms with Gasteiger partial charge in [0.25, 0.3) is 0 Å². The van der Waals surface area contributed by atoms with Crippen LogP contribution in [0.25, 0.3) is 0 Å². The second-order valence-corrected chi connectivity index (χ2v) is 5.10. The van der Waals surface area contributed by atoms with Gasteiger partial charge in [0.05, 0.1) is 11.7 Å². The summed E-state index contributed by atoms with van der Waals surface area (Å²) >= 11 is 0. The van der Waals surface area contributed by atoms with Crippen molar-refractivity contribution in [1.29, 1.82) is 0 Å². The highest BCUT2D eigenvalue weighted by Crippen LogP contribution is 2.33. The highest BCUT2D eigenvalue weighted by molar-refractivity contribution is 5.56. The minimum absolute atomic E-state index is 0.366. The smallest absolute Gasteiger partial charge is 0.0826 e. The topological polar surface area (TPSA) is 43.7 Å². The maximum Gasteiger partial charge on any atom is 0.0826 e. The van der Waals surface area contributed by atoms with Crippen LogP contribution in [-0.4, -0.2) is 28.9 Å². The molecule has 1 unspecified atom stereocenters. The standard InChI is InChI=1S/C13H19NO2/c1-13(2,16)9-14-8-7-12(15)10-5-3-4-6-11(10)14/h3-6,12,15-16H,7-9H2,1-2H3. The van der Waals surface area contributed by atoms with E-state index in [1.54, 1.807) is 13.8 Å². The number of anilines is 1. The summed E-state index contributed by atoms with van der Waals surface area (Å²) < 4.78 is 0. The van der Waals surface area contributed by atoms with E-state index in [2.05, 4.69) is 4.90 Å². The molecule has 2 rings (SSSR count). The Morgan fingerprint density at radius 3 is 2.75 bits per heavy atom. The van der Waals surface area contributed by atoms with Crippen LogP contribution in [0.4, 0.5) is 5.69 Å². The summed E-state index contributed by atoms with van der Waals surface area (Å²) in [5.41, 5.74) is 1.30. The van der Waals surface area contributed by atoms with Gasteiger partial charge in [-0.2, -0.15) is 0 Å². The molecule has 88 valence electrons. The molecule has 1 aliphatic heterocycles. The maximum atomic E-state index is 9.89. The fraction of sp³-hybridized carbons (Fsp3) is 0.538. The maximum absolute atomic E-state index is 9.89. The molecule has 0 radical (unpaired) electrons. The zero-order valence-electron chi connectivity index (χ0n) is 9.85. The number of β-amino-alcohol motifs (C(OH)–C–C–N with tert-alkyl or cyclic N) is 1. The van der Waals surface area contributed by atoms with Crippen molar-refractivity contribution < 1.29 is 10.2 Å². The Kier molecular flexibility index (Phi) is 2.91. The fourth-order valence-electron chi connectivity index (χ4n) is 2.24. The Labute approximate surface area is 96.3 Å². The molecule has 1 aliphatic rings. The van der Waals surface area contributed by atoms with E-state index in [0.29, 0.717) is 6.54 Å². The normalized spacial score (nSPS) is 20.8. The number of hydrogen-bond donors (Lipinski definition) is 2. The van der Waals surface area contributed by atoms with Gasteiger partial charge >= 0.3 is 0 Å². The number of fused-ring (bicyclic) bond motifs is 1. The Morgan fingerprint density at radius 2 is 2.06 bits per heavy atom. The number of rotatable bonds is 2. The average Bonchev–Trinajstić information content (AvgIpc) is 2.21. The lowest BCUT2D eigenvalue weighted by Gasteiger charge is -2.37. The van der Waals surface area contributed by atoms with Crippen molar-refractivity contribution in [2.75, 3.05) is 18.0 Å². The van der Waals surface area contributed by atoms with Crippen LogP contribution in [0, 0.1) is 0 Å². The van der Waals surface area contributed by atoms with Gasteiger partial charge in [0.15, 0.2) is 0 Å². The Balaban J connectivity index is 2.28. The van der Waals surface area contributed by atoms with Crippen LogP contribution in [-0.2, 0) is 0 Å². The van der Waals surface area contributed by atoms with Gasteiger partial charge in [-0.25, -0.2) is 0 Å².